The van der Waals surface area contributed by atoms with Crippen LogP contribution in [-0.4, -0.2) is 23.7 Å². The largest absolute Gasteiger partial charge is 0.350 e. The maximum atomic E-state index is 11.7. The van der Waals surface area contributed by atoms with Crippen molar-refractivity contribution in [1.82, 2.24) is 5.32 Å². The second-order valence-electron chi connectivity index (χ2n) is 4.19. The fraction of sp³-hybridized carbons (Fsp3) is 0.385. The summed E-state index contributed by atoms with van der Waals surface area (Å²) >= 11 is 5.46. The van der Waals surface area contributed by atoms with Gasteiger partial charge in [0.1, 0.15) is 0 Å². The maximum Gasteiger partial charge on any atom is 0.251 e. The lowest BCUT2D eigenvalue weighted by molar-refractivity contribution is -0.115. The zero-order valence-corrected chi connectivity index (χ0v) is 11.3. The van der Waals surface area contributed by atoms with Crippen LogP contribution in [0.25, 0.3) is 0 Å². The Morgan fingerprint density at radius 2 is 1.83 bits per heavy atom. The summed E-state index contributed by atoms with van der Waals surface area (Å²) in [5.74, 6) is 0.0359. The van der Waals surface area contributed by atoms with Crippen molar-refractivity contribution in [3.8, 4) is 0 Å². The summed E-state index contributed by atoms with van der Waals surface area (Å²) in [6.45, 7) is 3.80. The van der Waals surface area contributed by atoms with Crippen molar-refractivity contribution in [3.63, 3.8) is 0 Å². The Morgan fingerprint density at radius 1 is 1.22 bits per heavy atom. The minimum Gasteiger partial charge on any atom is -0.350 e. The van der Waals surface area contributed by atoms with Crippen LogP contribution in [-0.2, 0) is 4.79 Å². The van der Waals surface area contributed by atoms with Gasteiger partial charge in [0.05, 0.1) is 0 Å². The number of alkyl halides is 1. The molecule has 0 aliphatic carbocycles. The molecule has 0 saturated heterocycles. The minimum atomic E-state index is -0.135. The zero-order valence-electron chi connectivity index (χ0n) is 10.5. The van der Waals surface area contributed by atoms with E-state index in [1.54, 1.807) is 24.3 Å². The average molecular weight is 269 g/mol. The third-order valence-electron chi connectivity index (χ3n) is 2.17. The molecule has 0 heterocycles. The highest BCUT2D eigenvalue weighted by Gasteiger charge is 2.07. The number of rotatable bonds is 5. The molecule has 0 unspecified atom stereocenters. The third kappa shape index (κ3) is 4.75. The molecule has 98 valence electrons. The molecule has 0 atom stereocenters. The predicted molar refractivity (Wildman–Crippen MR) is 73.0 cm³/mol. The first-order chi connectivity index (χ1) is 8.52. The minimum absolute atomic E-state index is 0.0978. The van der Waals surface area contributed by atoms with E-state index in [9.17, 15) is 9.59 Å². The molecule has 0 aromatic heterocycles. The topological polar surface area (TPSA) is 58.2 Å². The molecule has 0 fully saturated rings. The van der Waals surface area contributed by atoms with Crippen LogP contribution in [0.5, 0.6) is 0 Å². The number of hydrogen-bond donors (Lipinski definition) is 2. The van der Waals surface area contributed by atoms with Gasteiger partial charge in [0.2, 0.25) is 5.91 Å². The summed E-state index contributed by atoms with van der Waals surface area (Å²) < 4.78 is 0. The molecular formula is C13H17ClN2O2. The maximum absolute atomic E-state index is 11.7. The molecule has 0 bridgehead atoms. The molecule has 2 amide bonds. The molecule has 0 radical (unpaired) electrons. The van der Waals surface area contributed by atoms with Gasteiger partial charge in [0, 0.05) is 29.6 Å². The van der Waals surface area contributed by atoms with E-state index in [4.69, 9.17) is 11.6 Å². The fourth-order valence-electron chi connectivity index (χ4n) is 1.36. The highest BCUT2D eigenvalue weighted by atomic mass is 35.5. The van der Waals surface area contributed by atoms with Gasteiger partial charge in [-0.25, -0.2) is 0 Å². The summed E-state index contributed by atoms with van der Waals surface area (Å²) in [6, 6.07) is 6.84. The van der Waals surface area contributed by atoms with E-state index < -0.39 is 0 Å². The standard InChI is InChI=1S/C13H17ClN2O2/c1-9(2)15-13(18)10-3-5-11(6-4-10)16-12(17)7-8-14/h3-6,9H,7-8H2,1-2H3,(H,15,18)(H,16,17). The monoisotopic (exact) mass is 268 g/mol. The van der Waals surface area contributed by atoms with Gasteiger partial charge < -0.3 is 10.6 Å². The Morgan fingerprint density at radius 3 is 2.33 bits per heavy atom. The summed E-state index contributed by atoms with van der Waals surface area (Å²) in [6.07, 6.45) is 0.275. The highest BCUT2D eigenvalue weighted by Crippen LogP contribution is 2.10. The van der Waals surface area contributed by atoms with Crippen molar-refractivity contribution in [2.75, 3.05) is 11.2 Å². The van der Waals surface area contributed by atoms with E-state index in [0.29, 0.717) is 17.1 Å². The number of anilines is 1. The van der Waals surface area contributed by atoms with Crippen LogP contribution in [0.1, 0.15) is 30.6 Å². The molecule has 1 rings (SSSR count). The normalized spacial score (nSPS) is 10.2. The van der Waals surface area contributed by atoms with Crippen LogP contribution in [0.2, 0.25) is 0 Å². The van der Waals surface area contributed by atoms with Gasteiger partial charge in [-0.05, 0) is 38.1 Å². The number of hydrogen-bond acceptors (Lipinski definition) is 2. The van der Waals surface area contributed by atoms with Crippen molar-refractivity contribution < 1.29 is 9.59 Å². The Kier molecular flexibility index (Phi) is 5.65. The first-order valence-electron chi connectivity index (χ1n) is 5.79. The van der Waals surface area contributed by atoms with Crippen LogP contribution in [0.3, 0.4) is 0 Å². The molecule has 0 saturated carbocycles. The number of amides is 2. The smallest absolute Gasteiger partial charge is 0.251 e. The number of benzene rings is 1. The number of nitrogens with one attached hydrogen (secondary N) is 2. The lowest BCUT2D eigenvalue weighted by Gasteiger charge is -2.09. The molecule has 2 N–H and O–H groups in total. The Bertz CT molecular complexity index is 416. The van der Waals surface area contributed by atoms with Gasteiger partial charge >= 0.3 is 0 Å². The molecule has 5 heteroatoms. The summed E-state index contributed by atoms with van der Waals surface area (Å²) in [5.41, 5.74) is 1.23. The number of carbonyl (C=O) groups excluding carboxylic acids is 2. The molecule has 0 aliphatic heterocycles. The quantitative estimate of drug-likeness (QED) is 0.806. The van der Waals surface area contributed by atoms with Crippen molar-refractivity contribution in [2.24, 2.45) is 0 Å². The Labute approximate surface area is 112 Å². The van der Waals surface area contributed by atoms with Gasteiger partial charge in [-0.1, -0.05) is 0 Å². The molecule has 0 aliphatic rings. The Balaban J connectivity index is 2.62. The van der Waals surface area contributed by atoms with Gasteiger partial charge in [0.25, 0.3) is 5.91 Å². The van der Waals surface area contributed by atoms with Crippen LogP contribution >= 0.6 is 11.6 Å². The van der Waals surface area contributed by atoms with Crippen LogP contribution in [0.4, 0.5) is 5.69 Å². The van der Waals surface area contributed by atoms with Crippen LogP contribution in [0.15, 0.2) is 24.3 Å². The highest BCUT2D eigenvalue weighted by molar-refractivity contribution is 6.19. The molecule has 18 heavy (non-hydrogen) atoms. The van der Waals surface area contributed by atoms with E-state index >= 15 is 0 Å². The second kappa shape index (κ2) is 7.01. The fourth-order valence-corrected chi connectivity index (χ4v) is 1.53. The van der Waals surface area contributed by atoms with E-state index in [1.165, 1.54) is 0 Å². The molecule has 4 nitrogen and oxygen atoms in total. The van der Waals surface area contributed by atoms with Crippen molar-refractivity contribution in [3.05, 3.63) is 29.8 Å². The lowest BCUT2D eigenvalue weighted by atomic mass is 10.2. The zero-order chi connectivity index (χ0) is 13.5. The van der Waals surface area contributed by atoms with Crippen LogP contribution in [0, 0.1) is 0 Å². The SMILES string of the molecule is CC(C)NC(=O)c1ccc(NC(=O)CCCl)cc1. The van der Waals surface area contributed by atoms with E-state index in [1.807, 2.05) is 13.8 Å². The summed E-state index contributed by atoms with van der Waals surface area (Å²) in [7, 11) is 0. The van der Waals surface area contributed by atoms with Crippen LogP contribution < -0.4 is 10.6 Å². The van der Waals surface area contributed by atoms with Crippen molar-refractivity contribution in [1.29, 1.82) is 0 Å². The summed E-state index contributed by atoms with van der Waals surface area (Å²) in [4.78, 5) is 23.0. The van der Waals surface area contributed by atoms with Gasteiger partial charge in [-0.2, -0.15) is 0 Å². The third-order valence-corrected chi connectivity index (χ3v) is 2.36. The Hall–Kier alpha value is -1.55. The first-order valence-corrected chi connectivity index (χ1v) is 6.33. The number of halogens is 1. The average Bonchev–Trinajstić information content (AvgIpc) is 2.29. The number of carbonyl (C=O) groups is 2. The summed E-state index contributed by atoms with van der Waals surface area (Å²) in [5, 5.41) is 5.49. The lowest BCUT2D eigenvalue weighted by Crippen LogP contribution is -2.30. The van der Waals surface area contributed by atoms with Crippen molar-refractivity contribution >= 4 is 29.1 Å². The molecule has 0 spiro atoms. The molecule has 1 aromatic rings. The molecule has 1 aromatic carbocycles. The van der Waals surface area contributed by atoms with Gasteiger partial charge in [0.15, 0.2) is 0 Å². The van der Waals surface area contributed by atoms with E-state index in [0.717, 1.165) is 0 Å². The van der Waals surface area contributed by atoms with E-state index in [-0.39, 0.29) is 24.3 Å². The van der Waals surface area contributed by atoms with Gasteiger partial charge in [-0.15, -0.1) is 11.6 Å². The van der Waals surface area contributed by atoms with Crippen molar-refractivity contribution in [2.45, 2.75) is 26.3 Å². The first kappa shape index (κ1) is 14.5. The molecular weight excluding hydrogens is 252 g/mol. The predicted octanol–water partition coefficient (Wildman–Crippen LogP) is 2.39. The van der Waals surface area contributed by atoms with E-state index in [2.05, 4.69) is 10.6 Å². The second-order valence-corrected chi connectivity index (χ2v) is 4.57. The van der Waals surface area contributed by atoms with Gasteiger partial charge in [-0.3, -0.25) is 9.59 Å².